The molecule has 0 bridgehead atoms. The summed E-state index contributed by atoms with van der Waals surface area (Å²) in [4.78, 5) is 22.9. The molecule has 1 aromatic heterocycles. The number of methoxy groups -OCH3 is 1. The number of nitrogens with one attached hydrogen (secondary N) is 1. The molecule has 0 aliphatic heterocycles. The zero-order valence-electron chi connectivity index (χ0n) is 8.86. The molecular weight excluding hydrogens is 228 g/mol. The number of hydrogen-bond acceptors (Lipinski definition) is 5. The van der Waals surface area contributed by atoms with E-state index in [4.69, 9.17) is 5.26 Å². The fraction of sp³-hybridized carbons (Fsp3) is 0.300. The third-order valence-electron chi connectivity index (χ3n) is 1.85. The molecule has 1 amide bonds. The minimum Gasteiger partial charge on any atom is -0.465 e. The first-order valence-electron chi connectivity index (χ1n) is 4.43. The van der Waals surface area contributed by atoms with Crippen molar-refractivity contribution in [2.45, 2.75) is 13.3 Å². The van der Waals surface area contributed by atoms with Crippen LogP contribution in [0.1, 0.15) is 21.7 Å². The van der Waals surface area contributed by atoms with Gasteiger partial charge in [-0.25, -0.2) is 4.79 Å². The lowest BCUT2D eigenvalue weighted by Gasteiger charge is -2.04. The van der Waals surface area contributed by atoms with Crippen LogP contribution >= 0.6 is 11.3 Å². The fourth-order valence-corrected chi connectivity index (χ4v) is 2.02. The first-order chi connectivity index (χ1) is 7.60. The standard InChI is InChI=1S/C10H10N2O3S/c1-6-5-16-9(10(14)15-2)8(6)12-7(13)3-4-11/h5H,3H2,1-2H3,(H,12,13). The Morgan fingerprint density at radius 2 is 2.31 bits per heavy atom. The van der Waals surface area contributed by atoms with Crippen molar-refractivity contribution in [3.05, 3.63) is 15.8 Å². The molecule has 0 fully saturated rings. The SMILES string of the molecule is COC(=O)c1scc(C)c1NC(=O)CC#N. The molecular formula is C10H10N2O3S. The highest BCUT2D eigenvalue weighted by atomic mass is 32.1. The summed E-state index contributed by atoms with van der Waals surface area (Å²) < 4.78 is 4.59. The van der Waals surface area contributed by atoms with Gasteiger partial charge < -0.3 is 10.1 Å². The number of esters is 1. The van der Waals surface area contributed by atoms with Crippen molar-refractivity contribution >= 4 is 28.9 Å². The van der Waals surface area contributed by atoms with Gasteiger partial charge in [-0.1, -0.05) is 0 Å². The molecule has 5 nitrogen and oxygen atoms in total. The van der Waals surface area contributed by atoms with Crippen molar-refractivity contribution in [2.75, 3.05) is 12.4 Å². The Morgan fingerprint density at radius 3 is 2.88 bits per heavy atom. The summed E-state index contributed by atoms with van der Waals surface area (Å²) in [6.07, 6.45) is -0.240. The maximum Gasteiger partial charge on any atom is 0.350 e. The van der Waals surface area contributed by atoms with E-state index in [1.165, 1.54) is 18.4 Å². The van der Waals surface area contributed by atoms with Gasteiger partial charge in [-0.2, -0.15) is 5.26 Å². The van der Waals surface area contributed by atoms with Crippen molar-refractivity contribution < 1.29 is 14.3 Å². The van der Waals surface area contributed by atoms with E-state index >= 15 is 0 Å². The zero-order valence-corrected chi connectivity index (χ0v) is 9.68. The molecule has 0 unspecified atom stereocenters. The van der Waals surface area contributed by atoms with Crippen molar-refractivity contribution in [2.24, 2.45) is 0 Å². The van der Waals surface area contributed by atoms with E-state index in [9.17, 15) is 9.59 Å². The minimum absolute atomic E-state index is 0.240. The summed E-state index contributed by atoms with van der Waals surface area (Å²) in [5.74, 6) is -0.931. The van der Waals surface area contributed by atoms with Crippen LogP contribution in [0.5, 0.6) is 0 Å². The van der Waals surface area contributed by atoms with E-state index in [1.54, 1.807) is 18.4 Å². The summed E-state index contributed by atoms with van der Waals surface area (Å²) in [5.41, 5.74) is 1.20. The topological polar surface area (TPSA) is 79.2 Å². The highest BCUT2D eigenvalue weighted by Gasteiger charge is 2.18. The molecule has 16 heavy (non-hydrogen) atoms. The van der Waals surface area contributed by atoms with Crippen molar-refractivity contribution in [1.82, 2.24) is 0 Å². The van der Waals surface area contributed by atoms with Crippen molar-refractivity contribution in [3.8, 4) is 6.07 Å². The van der Waals surface area contributed by atoms with Crippen molar-refractivity contribution in [3.63, 3.8) is 0 Å². The van der Waals surface area contributed by atoms with Crippen LogP contribution < -0.4 is 5.32 Å². The van der Waals surface area contributed by atoms with Gasteiger partial charge in [0.1, 0.15) is 11.3 Å². The highest BCUT2D eigenvalue weighted by molar-refractivity contribution is 7.12. The Labute approximate surface area is 96.6 Å². The maximum absolute atomic E-state index is 11.4. The predicted molar refractivity (Wildman–Crippen MR) is 59.3 cm³/mol. The van der Waals surface area contributed by atoms with Crippen molar-refractivity contribution in [1.29, 1.82) is 5.26 Å². The van der Waals surface area contributed by atoms with Gasteiger partial charge in [0.15, 0.2) is 0 Å². The quantitative estimate of drug-likeness (QED) is 0.813. The van der Waals surface area contributed by atoms with Gasteiger partial charge in [-0.05, 0) is 17.9 Å². The molecule has 0 saturated carbocycles. The average molecular weight is 238 g/mol. The number of rotatable bonds is 3. The normalized spacial score (nSPS) is 9.31. The second kappa shape index (κ2) is 5.28. The lowest BCUT2D eigenvalue weighted by Crippen LogP contribution is -2.13. The van der Waals surface area contributed by atoms with Gasteiger partial charge in [-0.3, -0.25) is 4.79 Å². The average Bonchev–Trinajstić information content (AvgIpc) is 2.60. The van der Waals surface area contributed by atoms with Crippen LogP contribution in [0.15, 0.2) is 5.38 Å². The molecule has 6 heteroatoms. The molecule has 1 heterocycles. The number of thiophene rings is 1. The Bertz CT molecular complexity index is 459. The van der Waals surface area contributed by atoms with E-state index in [2.05, 4.69) is 10.1 Å². The van der Waals surface area contributed by atoms with Gasteiger partial charge in [0, 0.05) is 0 Å². The Morgan fingerprint density at radius 1 is 1.62 bits per heavy atom. The third-order valence-corrected chi connectivity index (χ3v) is 2.93. The van der Waals surface area contributed by atoms with Gasteiger partial charge in [-0.15, -0.1) is 11.3 Å². The molecule has 0 saturated heterocycles. The second-order valence-corrected chi connectivity index (χ2v) is 3.88. The lowest BCUT2D eigenvalue weighted by molar-refractivity contribution is -0.115. The maximum atomic E-state index is 11.4. The third kappa shape index (κ3) is 2.58. The molecule has 0 atom stereocenters. The van der Waals surface area contributed by atoms with Crippen LogP contribution in [0.4, 0.5) is 5.69 Å². The number of aryl methyl sites for hydroxylation is 1. The number of nitriles is 1. The number of amides is 1. The van der Waals surface area contributed by atoms with E-state index in [0.717, 1.165) is 5.56 Å². The summed E-state index contributed by atoms with van der Waals surface area (Å²) in [5, 5.41) is 12.6. The Hall–Kier alpha value is -1.87. The van der Waals surface area contributed by atoms with Crippen LogP contribution in [0, 0.1) is 18.3 Å². The summed E-state index contributed by atoms with van der Waals surface area (Å²) >= 11 is 1.20. The first-order valence-corrected chi connectivity index (χ1v) is 5.31. The van der Waals surface area contributed by atoms with Gasteiger partial charge >= 0.3 is 5.97 Å². The smallest absolute Gasteiger partial charge is 0.350 e. The van der Waals surface area contributed by atoms with E-state index in [1.807, 2.05) is 0 Å². The molecule has 84 valence electrons. The molecule has 0 aliphatic rings. The van der Waals surface area contributed by atoms with Crippen LogP contribution in [0.2, 0.25) is 0 Å². The second-order valence-electron chi connectivity index (χ2n) is 3.00. The summed E-state index contributed by atoms with van der Waals surface area (Å²) in [6.45, 7) is 1.77. The number of ether oxygens (including phenoxy) is 1. The highest BCUT2D eigenvalue weighted by Crippen LogP contribution is 2.28. The number of carbonyl (C=O) groups is 2. The van der Waals surface area contributed by atoms with E-state index < -0.39 is 11.9 Å². The van der Waals surface area contributed by atoms with Gasteiger partial charge in [0.05, 0.1) is 18.9 Å². The largest absolute Gasteiger partial charge is 0.465 e. The van der Waals surface area contributed by atoms with E-state index in [0.29, 0.717) is 10.6 Å². The van der Waals surface area contributed by atoms with Crippen LogP contribution in [0.3, 0.4) is 0 Å². The molecule has 0 aliphatic carbocycles. The monoisotopic (exact) mass is 238 g/mol. The molecule has 1 N–H and O–H groups in total. The predicted octanol–water partition coefficient (Wildman–Crippen LogP) is 1.70. The molecule has 1 aromatic rings. The number of anilines is 1. The molecule has 0 aromatic carbocycles. The molecule has 0 radical (unpaired) electrons. The van der Waals surface area contributed by atoms with Crippen LogP contribution in [-0.2, 0) is 9.53 Å². The van der Waals surface area contributed by atoms with Gasteiger partial charge in [0.2, 0.25) is 5.91 Å². The molecule has 1 rings (SSSR count). The number of carbonyl (C=O) groups excluding carboxylic acids is 2. The van der Waals surface area contributed by atoms with E-state index in [-0.39, 0.29) is 6.42 Å². The first kappa shape index (κ1) is 12.2. The van der Waals surface area contributed by atoms with Crippen LogP contribution in [-0.4, -0.2) is 19.0 Å². The molecule has 0 spiro atoms. The fourth-order valence-electron chi connectivity index (χ4n) is 1.10. The zero-order chi connectivity index (χ0) is 12.1. The lowest BCUT2D eigenvalue weighted by atomic mass is 10.2. The van der Waals surface area contributed by atoms with Crippen LogP contribution in [0.25, 0.3) is 0 Å². The summed E-state index contributed by atoms with van der Waals surface area (Å²) in [7, 11) is 1.28. The number of hydrogen-bond donors (Lipinski definition) is 1. The Balaban J connectivity index is 2.95. The number of nitrogens with zero attached hydrogens (tertiary/aromatic N) is 1. The van der Waals surface area contributed by atoms with Gasteiger partial charge in [0.25, 0.3) is 0 Å². The Kier molecular flexibility index (Phi) is 4.03. The summed E-state index contributed by atoms with van der Waals surface area (Å²) in [6, 6.07) is 1.74. The minimum atomic E-state index is -0.495.